The van der Waals surface area contributed by atoms with Gasteiger partial charge in [0.05, 0.1) is 25.1 Å². The lowest BCUT2D eigenvalue weighted by molar-refractivity contribution is -0.599. The van der Waals surface area contributed by atoms with Gasteiger partial charge in [0.1, 0.15) is 11.8 Å². The molecule has 0 saturated carbocycles. The summed E-state index contributed by atoms with van der Waals surface area (Å²) in [5, 5.41) is 22.0. The molecular formula is C8H11N3O3. The molecular weight excluding hydrogens is 186 g/mol. The molecule has 76 valence electrons. The van der Waals surface area contributed by atoms with Crippen molar-refractivity contribution in [1.29, 1.82) is 0 Å². The minimum atomic E-state index is -0.514. The van der Waals surface area contributed by atoms with Crippen molar-refractivity contribution in [1.82, 2.24) is 0 Å². The van der Waals surface area contributed by atoms with Gasteiger partial charge in [-0.05, 0) is 6.92 Å². The molecule has 0 amide bonds. The van der Waals surface area contributed by atoms with E-state index in [9.17, 15) is 15.3 Å². The first-order valence-electron chi connectivity index (χ1n) is 3.99. The lowest BCUT2D eigenvalue weighted by Crippen LogP contribution is -2.37. The quantitative estimate of drug-likeness (QED) is 0.301. The van der Waals surface area contributed by atoms with Gasteiger partial charge in [-0.15, -0.1) is 0 Å². The molecule has 0 radical (unpaired) electrons. The Morgan fingerprint density at radius 2 is 2.00 bits per heavy atom. The summed E-state index contributed by atoms with van der Waals surface area (Å²) in [4.78, 5) is 11.5. The van der Waals surface area contributed by atoms with E-state index >= 15 is 0 Å². The molecule has 14 heavy (non-hydrogen) atoms. The van der Waals surface area contributed by atoms with Crippen LogP contribution in [0.4, 0.5) is 11.5 Å². The van der Waals surface area contributed by atoms with Gasteiger partial charge < -0.3 is 5.21 Å². The number of pyridine rings is 1. The fourth-order valence-electron chi connectivity index (χ4n) is 1.10. The topological polar surface area (TPSA) is 73.3 Å². The highest BCUT2D eigenvalue weighted by atomic mass is 16.6. The molecule has 1 heterocycles. The lowest BCUT2D eigenvalue weighted by Gasteiger charge is -2.14. The fourth-order valence-corrected chi connectivity index (χ4v) is 1.10. The second-order valence-corrected chi connectivity index (χ2v) is 3.16. The minimum Gasteiger partial charge on any atom is -0.710 e. The average Bonchev–Trinajstić information content (AvgIpc) is 2.08. The molecule has 0 fully saturated rings. The van der Waals surface area contributed by atoms with Gasteiger partial charge >= 0.3 is 0 Å². The molecule has 1 aromatic heterocycles. The van der Waals surface area contributed by atoms with Crippen LogP contribution in [0.2, 0.25) is 0 Å². The second-order valence-electron chi connectivity index (χ2n) is 3.16. The summed E-state index contributed by atoms with van der Waals surface area (Å²) in [5.41, 5.74) is 0.237. The van der Waals surface area contributed by atoms with Crippen LogP contribution < -0.4 is 9.63 Å². The molecule has 0 aliphatic rings. The van der Waals surface area contributed by atoms with E-state index in [1.54, 1.807) is 14.1 Å². The van der Waals surface area contributed by atoms with Crippen LogP contribution in [-0.4, -0.2) is 19.0 Å². The maximum absolute atomic E-state index is 11.4. The summed E-state index contributed by atoms with van der Waals surface area (Å²) in [6.07, 6.45) is 0. The smallest absolute Gasteiger partial charge is 0.286 e. The van der Waals surface area contributed by atoms with Crippen molar-refractivity contribution >= 4 is 11.5 Å². The maximum atomic E-state index is 11.4. The number of nitrogens with zero attached hydrogens (tertiary/aromatic N) is 3. The van der Waals surface area contributed by atoms with Crippen LogP contribution in [0.1, 0.15) is 5.69 Å². The standard InChI is InChI=1S/C8H11N3O3/c1-6-4-7(11(13)14)5-8(9(2)3)10(6)12/h4-5H,1-3H3. The second kappa shape index (κ2) is 3.49. The number of hydrogen-bond acceptors (Lipinski definition) is 4. The molecule has 6 nitrogen and oxygen atoms in total. The molecule has 0 bridgehead atoms. The van der Waals surface area contributed by atoms with Crippen molar-refractivity contribution in [3.8, 4) is 0 Å². The maximum Gasteiger partial charge on any atom is 0.286 e. The summed E-state index contributed by atoms with van der Waals surface area (Å²) >= 11 is 0. The fraction of sp³-hybridized carbons (Fsp3) is 0.375. The van der Waals surface area contributed by atoms with Crippen molar-refractivity contribution in [3.05, 3.63) is 33.1 Å². The molecule has 1 aromatic rings. The molecule has 0 saturated heterocycles. The van der Waals surface area contributed by atoms with E-state index in [0.29, 0.717) is 10.4 Å². The van der Waals surface area contributed by atoms with E-state index in [2.05, 4.69) is 0 Å². The summed E-state index contributed by atoms with van der Waals surface area (Å²) < 4.78 is 0.660. The number of aryl methyl sites for hydroxylation is 1. The van der Waals surface area contributed by atoms with Crippen LogP contribution in [0.5, 0.6) is 0 Å². The molecule has 0 spiro atoms. The Labute approximate surface area is 81.1 Å². The lowest BCUT2D eigenvalue weighted by atomic mass is 10.3. The van der Waals surface area contributed by atoms with Gasteiger partial charge in [0.15, 0.2) is 0 Å². The van der Waals surface area contributed by atoms with Crippen LogP contribution in [0, 0.1) is 22.2 Å². The number of nitro groups is 1. The molecule has 0 unspecified atom stereocenters. The molecule has 0 aliphatic heterocycles. The van der Waals surface area contributed by atoms with E-state index < -0.39 is 4.92 Å². The summed E-state index contributed by atoms with van der Waals surface area (Å²) in [5.74, 6) is 0.261. The van der Waals surface area contributed by atoms with Crippen molar-refractivity contribution in [2.75, 3.05) is 19.0 Å². The summed E-state index contributed by atoms with van der Waals surface area (Å²) in [6, 6.07) is 2.50. The van der Waals surface area contributed by atoms with Gasteiger partial charge in [-0.3, -0.25) is 15.0 Å². The summed E-state index contributed by atoms with van der Waals surface area (Å²) in [6.45, 7) is 1.53. The summed E-state index contributed by atoms with van der Waals surface area (Å²) in [7, 11) is 3.32. The zero-order valence-corrected chi connectivity index (χ0v) is 8.22. The minimum absolute atomic E-state index is 0.0710. The molecule has 1 rings (SSSR count). The molecule has 0 atom stereocenters. The van der Waals surface area contributed by atoms with E-state index in [1.165, 1.54) is 24.0 Å². The van der Waals surface area contributed by atoms with Crippen LogP contribution in [0.25, 0.3) is 0 Å². The Morgan fingerprint density at radius 3 is 2.43 bits per heavy atom. The van der Waals surface area contributed by atoms with Crippen molar-refractivity contribution in [3.63, 3.8) is 0 Å². The number of anilines is 1. The largest absolute Gasteiger partial charge is 0.710 e. The Bertz CT molecular complexity index is 376. The highest BCUT2D eigenvalue weighted by molar-refractivity contribution is 5.42. The van der Waals surface area contributed by atoms with Gasteiger partial charge in [-0.25, -0.2) is 4.73 Å². The van der Waals surface area contributed by atoms with Crippen LogP contribution >= 0.6 is 0 Å². The first-order chi connectivity index (χ1) is 6.43. The number of rotatable bonds is 2. The highest BCUT2D eigenvalue weighted by Gasteiger charge is 2.17. The normalized spacial score (nSPS) is 9.93. The van der Waals surface area contributed by atoms with E-state index in [4.69, 9.17) is 0 Å². The highest BCUT2D eigenvalue weighted by Crippen LogP contribution is 2.16. The first kappa shape index (κ1) is 10.2. The number of hydrogen-bond donors (Lipinski definition) is 0. The predicted octanol–water partition coefficient (Wildman–Crippen LogP) is 0.603. The zero-order valence-electron chi connectivity index (χ0n) is 8.22. The third kappa shape index (κ3) is 1.73. The molecule has 0 aliphatic carbocycles. The van der Waals surface area contributed by atoms with E-state index in [0.717, 1.165) is 0 Å². The third-order valence-electron chi connectivity index (χ3n) is 1.83. The SMILES string of the molecule is Cc1cc([N+](=O)[O-])cc(N(C)C)[n+]1[O-]. The Hall–Kier alpha value is -1.85. The van der Waals surface area contributed by atoms with Crippen molar-refractivity contribution in [2.24, 2.45) is 0 Å². The molecule has 0 N–H and O–H groups in total. The Balaban J connectivity index is 3.35. The average molecular weight is 197 g/mol. The predicted molar refractivity (Wildman–Crippen MR) is 51.1 cm³/mol. The van der Waals surface area contributed by atoms with Crippen LogP contribution in [0.3, 0.4) is 0 Å². The Kier molecular flexibility index (Phi) is 2.55. The van der Waals surface area contributed by atoms with Gasteiger partial charge in [-0.1, -0.05) is 0 Å². The van der Waals surface area contributed by atoms with Crippen LogP contribution in [0.15, 0.2) is 12.1 Å². The molecule has 0 aromatic carbocycles. The first-order valence-corrected chi connectivity index (χ1v) is 3.99. The van der Waals surface area contributed by atoms with E-state index in [-0.39, 0.29) is 11.5 Å². The van der Waals surface area contributed by atoms with Gasteiger partial charge in [0.25, 0.3) is 11.5 Å². The van der Waals surface area contributed by atoms with Crippen LogP contribution in [-0.2, 0) is 0 Å². The van der Waals surface area contributed by atoms with Gasteiger partial charge in [-0.2, -0.15) is 0 Å². The zero-order chi connectivity index (χ0) is 10.9. The Morgan fingerprint density at radius 1 is 1.43 bits per heavy atom. The molecule has 6 heteroatoms. The van der Waals surface area contributed by atoms with Gasteiger partial charge in [0.2, 0.25) is 0 Å². The third-order valence-corrected chi connectivity index (χ3v) is 1.83. The van der Waals surface area contributed by atoms with E-state index in [1.807, 2.05) is 0 Å². The number of aromatic nitrogens is 1. The monoisotopic (exact) mass is 197 g/mol. The van der Waals surface area contributed by atoms with Gasteiger partial charge in [0, 0.05) is 0 Å². The van der Waals surface area contributed by atoms with Crippen molar-refractivity contribution in [2.45, 2.75) is 6.92 Å². The van der Waals surface area contributed by atoms with Crippen molar-refractivity contribution < 1.29 is 9.65 Å².